The van der Waals surface area contributed by atoms with Crippen LogP contribution in [0.5, 0.6) is 0 Å². The van der Waals surface area contributed by atoms with Crippen LogP contribution in [0.3, 0.4) is 0 Å². The Kier molecular flexibility index (Phi) is 6.72. The third-order valence-corrected chi connectivity index (χ3v) is 5.55. The van der Waals surface area contributed by atoms with E-state index in [-0.39, 0.29) is 12.1 Å². The maximum Gasteiger partial charge on any atom is 0.320 e. The van der Waals surface area contributed by atoms with E-state index >= 15 is 0 Å². The summed E-state index contributed by atoms with van der Waals surface area (Å²) in [5.74, 6) is 1.87. The molecule has 0 unspecified atom stereocenters. The fourth-order valence-electron chi connectivity index (χ4n) is 3.53. The normalized spacial score (nSPS) is 19.5. The van der Waals surface area contributed by atoms with Crippen LogP contribution in [-0.2, 0) is 0 Å². The quantitative estimate of drug-likeness (QED) is 0.317. The molecule has 30 heavy (non-hydrogen) atoms. The van der Waals surface area contributed by atoms with Gasteiger partial charge in [0.25, 0.3) is 0 Å². The number of rotatable bonds is 7. The minimum atomic E-state index is -0.357. The molecule has 1 atom stereocenters. The van der Waals surface area contributed by atoms with E-state index in [0.29, 0.717) is 41.3 Å². The van der Waals surface area contributed by atoms with E-state index in [9.17, 15) is 4.79 Å². The third-order valence-electron chi connectivity index (χ3n) is 5.55. The fourth-order valence-corrected chi connectivity index (χ4v) is 3.53. The lowest BCUT2D eigenvalue weighted by molar-refractivity contribution is 0.236. The Hall–Kier alpha value is -3.35. The van der Waals surface area contributed by atoms with Crippen molar-refractivity contribution in [2.45, 2.75) is 32.7 Å². The van der Waals surface area contributed by atoms with Gasteiger partial charge in [-0.15, -0.1) is 0 Å². The van der Waals surface area contributed by atoms with E-state index in [2.05, 4.69) is 34.1 Å². The number of amidine groups is 1. The lowest BCUT2D eigenvalue weighted by atomic mass is 9.72. The highest BCUT2D eigenvalue weighted by atomic mass is 16.2. The van der Waals surface area contributed by atoms with Crippen molar-refractivity contribution in [1.29, 1.82) is 0 Å². The van der Waals surface area contributed by atoms with Crippen LogP contribution < -0.4 is 22.1 Å². The van der Waals surface area contributed by atoms with Crippen LogP contribution in [0.2, 0.25) is 0 Å². The number of pyridine rings is 1. The number of carbonyl (C=O) groups excluding carboxylic acids is 1. The van der Waals surface area contributed by atoms with Gasteiger partial charge in [-0.05, 0) is 44.1 Å². The van der Waals surface area contributed by atoms with Crippen LogP contribution in [-0.4, -0.2) is 23.4 Å². The molecule has 158 valence electrons. The summed E-state index contributed by atoms with van der Waals surface area (Å²) >= 11 is 0. The highest BCUT2D eigenvalue weighted by molar-refractivity contribution is 6.02. The molecule has 1 aliphatic rings. The molecule has 1 fully saturated rings. The van der Waals surface area contributed by atoms with Crippen molar-refractivity contribution in [2.24, 2.45) is 22.6 Å². The summed E-state index contributed by atoms with van der Waals surface area (Å²) in [5.41, 5.74) is 15.5. The number of aromatic nitrogens is 1. The van der Waals surface area contributed by atoms with Gasteiger partial charge in [-0.3, -0.25) is 10.3 Å². The van der Waals surface area contributed by atoms with E-state index in [4.69, 9.17) is 11.5 Å². The molecule has 1 aromatic carbocycles. The van der Waals surface area contributed by atoms with Gasteiger partial charge in [-0.1, -0.05) is 42.5 Å². The summed E-state index contributed by atoms with van der Waals surface area (Å²) < 4.78 is 0. The van der Waals surface area contributed by atoms with Crippen molar-refractivity contribution in [3.63, 3.8) is 0 Å². The molecule has 1 aliphatic carbocycles. The first-order chi connectivity index (χ1) is 14.3. The van der Waals surface area contributed by atoms with Crippen LogP contribution in [0, 0.1) is 11.8 Å². The van der Waals surface area contributed by atoms with Crippen molar-refractivity contribution in [1.82, 2.24) is 10.3 Å². The van der Waals surface area contributed by atoms with Gasteiger partial charge in [0.05, 0.1) is 11.6 Å². The highest BCUT2D eigenvalue weighted by Crippen LogP contribution is 2.38. The van der Waals surface area contributed by atoms with Gasteiger partial charge in [0, 0.05) is 24.5 Å². The van der Waals surface area contributed by atoms with Crippen molar-refractivity contribution < 1.29 is 4.79 Å². The molecule has 7 nitrogen and oxygen atoms in total. The number of hydrogen-bond donors (Lipinski definition) is 4. The SMILES string of the molecule is C=C(C)C1CC(CN=C(N)c2cnc(NC(=O)N[C@H](C)c3ccccc3)cc2N)C1. The molecule has 0 saturated heterocycles. The zero-order chi connectivity index (χ0) is 21.7. The summed E-state index contributed by atoms with van der Waals surface area (Å²) in [5, 5.41) is 5.58. The number of nitrogens with two attached hydrogens (primary N) is 2. The lowest BCUT2D eigenvalue weighted by Gasteiger charge is -2.34. The predicted octanol–water partition coefficient (Wildman–Crippen LogP) is 3.85. The minimum absolute atomic E-state index is 0.137. The van der Waals surface area contributed by atoms with Gasteiger partial charge in [0.2, 0.25) is 0 Å². The smallest absolute Gasteiger partial charge is 0.320 e. The fraction of sp³-hybridized carbons (Fsp3) is 0.348. The topological polar surface area (TPSA) is 118 Å². The molecule has 1 heterocycles. The molecule has 2 aromatic rings. The minimum Gasteiger partial charge on any atom is -0.398 e. The van der Waals surface area contributed by atoms with Crippen LogP contribution in [0.15, 0.2) is 59.7 Å². The number of hydrogen-bond acceptors (Lipinski definition) is 4. The number of allylic oxidation sites excluding steroid dienone is 1. The Bertz CT molecular complexity index is 934. The molecule has 3 rings (SSSR count). The predicted molar refractivity (Wildman–Crippen MR) is 122 cm³/mol. The maximum atomic E-state index is 12.3. The van der Waals surface area contributed by atoms with Crippen LogP contribution in [0.4, 0.5) is 16.3 Å². The molecular weight excluding hydrogens is 376 g/mol. The number of benzene rings is 1. The molecule has 0 aliphatic heterocycles. The number of aliphatic imine (C=N–C) groups is 1. The Morgan fingerprint density at radius 3 is 2.67 bits per heavy atom. The van der Waals surface area contributed by atoms with Gasteiger partial charge < -0.3 is 16.8 Å². The molecule has 0 radical (unpaired) electrons. The number of anilines is 2. The van der Waals surface area contributed by atoms with Gasteiger partial charge in [0.15, 0.2) is 0 Å². The number of nitrogen functional groups attached to an aromatic ring is 1. The second-order valence-corrected chi connectivity index (χ2v) is 7.99. The van der Waals surface area contributed by atoms with E-state index in [0.717, 1.165) is 18.4 Å². The average molecular weight is 407 g/mol. The van der Waals surface area contributed by atoms with Gasteiger partial charge in [-0.2, -0.15) is 0 Å². The largest absolute Gasteiger partial charge is 0.398 e. The Balaban J connectivity index is 1.55. The first kappa shape index (κ1) is 21.4. The first-order valence-corrected chi connectivity index (χ1v) is 10.2. The van der Waals surface area contributed by atoms with Crippen molar-refractivity contribution >= 4 is 23.4 Å². The Morgan fingerprint density at radius 1 is 1.33 bits per heavy atom. The summed E-state index contributed by atoms with van der Waals surface area (Å²) in [6, 6.07) is 10.8. The summed E-state index contributed by atoms with van der Waals surface area (Å²) in [6.45, 7) is 8.67. The van der Waals surface area contributed by atoms with Gasteiger partial charge >= 0.3 is 6.03 Å². The average Bonchev–Trinajstić information content (AvgIpc) is 2.67. The molecule has 2 amide bonds. The standard InChI is InChI=1S/C23H30N6O/c1-14(2)18-9-16(10-18)12-27-22(25)19-13-26-21(11-20(19)24)29-23(30)28-15(3)17-7-5-4-6-8-17/h4-8,11,13,15-16,18H,1,9-10,12H2,2-3H3,(H2,25,27)(H4,24,26,28,29,30)/t15-,16?,18?/m1/s1. The number of urea groups is 1. The maximum absolute atomic E-state index is 12.3. The van der Waals surface area contributed by atoms with E-state index < -0.39 is 0 Å². The zero-order valence-corrected chi connectivity index (χ0v) is 17.6. The van der Waals surface area contributed by atoms with E-state index in [1.807, 2.05) is 37.3 Å². The first-order valence-electron chi connectivity index (χ1n) is 10.2. The number of nitrogens with zero attached hydrogens (tertiary/aromatic N) is 2. The molecule has 0 spiro atoms. The zero-order valence-electron chi connectivity index (χ0n) is 17.6. The molecule has 0 bridgehead atoms. The molecule has 6 N–H and O–H groups in total. The summed E-state index contributed by atoms with van der Waals surface area (Å²) in [6.07, 6.45) is 3.76. The van der Waals surface area contributed by atoms with E-state index in [1.54, 1.807) is 12.3 Å². The summed E-state index contributed by atoms with van der Waals surface area (Å²) in [4.78, 5) is 21.0. The van der Waals surface area contributed by atoms with Crippen LogP contribution in [0.25, 0.3) is 0 Å². The van der Waals surface area contributed by atoms with Crippen LogP contribution >= 0.6 is 0 Å². The molecule has 7 heteroatoms. The summed E-state index contributed by atoms with van der Waals surface area (Å²) in [7, 11) is 0. The molecular formula is C23H30N6O. The number of nitrogens with one attached hydrogen (secondary N) is 2. The second-order valence-electron chi connectivity index (χ2n) is 7.99. The van der Waals surface area contributed by atoms with Crippen molar-refractivity contribution in [2.75, 3.05) is 17.6 Å². The highest BCUT2D eigenvalue weighted by Gasteiger charge is 2.29. The molecule has 1 aromatic heterocycles. The number of carbonyl (C=O) groups is 1. The molecule has 1 saturated carbocycles. The van der Waals surface area contributed by atoms with Crippen molar-refractivity contribution in [3.8, 4) is 0 Å². The van der Waals surface area contributed by atoms with Gasteiger partial charge in [0.1, 0.15) is 11.7 Å². The monoisotopic (exact) mass is 406 g/mol. The lowest BCUT2D eigenvalue weighted by Crippen LogP contribution is -2.31. The second kappa shape index (κ2) is 9.43. The van der Waals surface area contributed by atoms with Crippen molar-refractivity contribution in [3.05, 3.63) is 65.9 Å². The Labute approximate surface area is 177 Å². The van der Waals surface area contributed by atoms with E-state index in [1.165, 1.54) is 5.57 Å². The van der Waals surface area contributed by atoms with Gasteiger partial charge in [-0.25, -0.2) is 9.78 Å². The number of amides is 2. The Morgan fingerprint density at radius 2 is 2.03 bits per heavy atom. The van der Waals surface area contributed by atoms with Crippen LogP contribution in [0.1, 0.15) is 43.9 Å². The third kappa shape index (κ3) is 5.37.